The fraction of sp³-hybridized carbons (Fsp3) is 0.235. The molecule has 0 heterocycles. The van der Waals surface area contributed by atoms with E-state index in [0.29, 0.717) is 11.5 Å². The molecule has 2 N–H and O–H groups in total. The Morgan fingerprint density at radius 1 is 1.09 bits per heavy atom. The molecular formula is C17H19FN2O3. The molecule has 0 aromatic heterocycles. The molecule has 2 rings (SSSR count). The first kappa shape index (κ1) is 16.6. The first-order valence-corrected chi connectivity index (χ1v) is 7.06. The van der Waals surface area contributed by atoms with Crippen LogP contribution >= 0.6 is 0 Å². The van der Waals surface area contributed by atoms with Gasteiger partial charge in [0.05, 0.1) is 26.5 Å². The van der Waals surface area contributed by atoms with E-state index >= 15 is 0 Å². The summed E-state index contributed by atoms with van der Waals surface area (Å²) in [6.45, 7) is 1.89. The minimum Gasteiger partial charge on any atom is -0.493 e. The first-order valence-electron chi connectivity index (χ1n) is 7.06. The molecule has 0 bridgehead atoms. The molecule has 6 heteroatoms. The van der Waals surface area contributed by atoms with Gasteiger partial charge in [-0.1, -0.05) is 12.1 Å². The van der Waals surface area contributed by atoms with Crippen molar-refractivity contribution in [3.63, 3.8) is 0 Å². The molecule has 0 saturated heterocycles. The molecule has 1 amide bonds. The Morgan fingerprint density at radius 3 is 2.39 bits per heavy atom. The van der Waals surface area contributed by atoms with Crippen LogP contribution in [0.5, 0.6) is 11.5 Å². The molecule has 0 saturated carbocycles. The fourth-order valence-electron chi connectivity index (χ4n) is 2.10. The summed E-state index contributed by atoms with van der Waals surface area (Å²) in [5, 5.41) is 5.53. The van der Waals surface area contributed by atoms with E-state index in [1.165, 1.54) is 12.1 Å². The van der Waals surface area contributed by atoms with Crippen LogP contribution in [0.1, 0.15) is 5.56 Å². The van der Waals surface area contributed by atoms with Gasteiger partial charge < -0.3 is 20.1 Å². The van der Waals surface area contributed by atoms with Crippen LogP contribution in [0.4, 0.5) is 15.8 Å². The van der Waals surface area contributed by atoms with E-state index in [-0.39, 0.29) is 18.1 Å². The summed E-state index contributed by atoms with van der Waals surface area (Å²) in [7, 11) is 3.11. The lowest BCUT2D eigenvalue weighted by atomic mass is 10.1. The third kappa shape index (κ3) is 4.12. The molecule has 122 valence electrons. The lowest BCUT2D eigenvalue weighted by Gasteiger charge is -2.14. The molecule has 0 atom stereocenters. The molecule has 0 spiro atoms. The highest BCUT2D eigenvalue weighted by Gasteiger charge is 2.10. The van der Waals surface area contributed by atoms with Gasteiger partial charge >= 0.3 is 0 Å². The summed E-state index contributed by atoms with van der Waals surface area (Å²) < 4.78 is 23.9. The second-order valence-corrected chi connectivity index (χ2v) is 4.90. The fourth-order valence-corrected chi connectivity index (χ4v) is 2.10. The molecule has 23 heavy (non-hydrogen) atoms. The molecule has 0 aliphatic heterocycles. The Balaban J connectivity index is 2.03. The highest BCUT2D eigenvalue weighted by Crippen LogP contribution is 2.32. The Bertz CT molecular complexity index is 704. The van der Waals surface area contributed by atoms with Crippen LogP contribution in [-0.2, 0) is 4.79 Å². The number of para-hydroxylation sites is 1. The molecular weight excluding hydrogens is 299 g/mol. The maximum absolute atomic E-state index is 13.5. The average molecular weight is 318 g/mol. The number of ether oxygens (including phenoxy) is 2. The average Bonchev–Trinajstić information content (AvgIpc) is 2.55. The van der Waals surface area contributed by atoms with Gasteiger partial charge in [0.1, 0.15) is 5.82 Å². The highest BCUT2D eigenvalue weighted by molar-refractivity contribution is 5.94. The molecule has 2 aromatic carbocycles. The van der Waals surface area contributed by atoms with Gasteiger partial charge in [-0.05, 0) is 30.7 Å². The number of carbonyl (C=O) groups is 1. The van der Waals surface area contributed by atoms with Crippen molar-refractivity contribution in [3.05, 3.63) is 47.8 Å². The number of rotatable bonds is 6. The van der Waals surface area contributed by atoms with Gasteiger partial charge in [-0.2, -0.15) is 0 Å². The molecule has 2 aromatic rings. The number of carbonyl (C=O) groups excluding carboxylic acids is 1. The Kier molecular flexibility index (Phi) is 5.41. The second kappa shape index (κ2) is 7.49. The molecule has 0 aliphatic carbocycles. The van der Waals surface area contributed by atoms with E-state index in [9.17, 15) is 9.18 Å². The van der Waals surface area contributed by atoms with E-state index in [2.05, 4.69) is 10.6 Å². The summed E-state index contributed by atoms with van der Waals surface area (Å²) in [6, 6.07) is 9.59. The minimum atomic E-state index is -0.469. The van der Waals surface area contributed by atoms with Crippen molar-refractivity contribution in [3.8, 4) is 11.5 Å². The van der Waals surface area contributed by atoms with Gasteiger partial charge in [0.2, 0.25) is 5.91 Å². The minimum absolute atomic E-state index is 0.00462. The van der Waals surface area contributed by atoms with Crippen LogP contribution in [0.2, 0.25) is 0 Å². The number of nitrogens with one attached hydrogen (secondary N) is 2. The lowest BCUT2D eigenvalue weighted by molar-refractivity contribution is -0.114. The van der Waals surface area contributed by atoms with E-state index in [1.807, 2.05) is 13.0 Å². The van der Waals surface area contributed by atoms with Gasteiger partial charge in [-0.15, -0.1) is 0 Å². The Labute approximate surface area is 134 Å². The summed E-state index contributed by atoms with van der Waals surface area (Å²) in [5.41, 5.74) is 1.80. The van der Waals surface area contributed by atoms with Crippen molar-refractivity contribution in [1.82, 2.24) is 0 Å². The van der Waals surface area contributed by atoms with Crippen LogP contribution < -0.4 is 20.1 Å². The number of methoxy groups -OCH3 is 2. The van der Waals surface area contributed by atoms with Crippen molar-refractivity contribution in [2.75, 3.05) is 31.4 Å². The van der Waals surface area contributed by atoms with Crippen LogP contribution in [0.3, 0.4) is 0 Å². The lowest BCUT2D eigenvalue weighted by Crippen LogP contribution is -2.22. The van der Waals surface area contributed by atoms with Crippen LogP contribution in [0, 0.1) is 12.7 Å². The quantitative estimate of drug-likeness (QED) is 0.859. The summed E-state index contributed by atoms with van der Waals surface area (Å²) in [5.74, 6) is 0.369. The van der Waals surface area contributed by atoms with Gasteiger partial charge in [-0.25, -0.2) is 4.39 Å². The van der Waals surface area contributed by atoms with Crippen LogP contribution in [0.15, 0.2) is 36.4 Å². The monoisotopic (exact) mass is 318 g/mol. The van der Waals surface area contributed by atoms with Crippen molar-refractivity contribution in [1.29, 1.82) is 0 Å². The van der Waals surface area contributed by atoms with Gasteiger partial charge in [0.15, 0.2) is 11.5 Å². The maximum Gasteiger partial charge on any atom is 0.243 e. The van der Waals surface area contributed by atoms with E-state index in [1.54, 1.807) is 32.4 Å². The van der Waals surface area contributed by atoms with E-state index in [4.69, 9.17) is 9.47 Å². The number of aryl methyl sites for hydroxylation is 1. The Morgan fingerprint density at radius 2 is 1.74 bits per heavy atom. The zero-order valence-corrected chi connectivity index (χ0v) is 13.3. The number of anilines is 2. The summed E-state index contributed by atoms with van der Waals surface area (Å²) >= 11 is 0. The van der Waals surface area contributed by atoms with Crippen LogP contribution in [-0.4, -0.2) is 26.7 Å². The van der Waals surface area contributed by atoms with Gasteiger partial charge in [0, 0.05) is 11.8 Å². The second-order valence-electron chi connectivity index (χ2n) is 4.90. The first-order chi connectivity index (χ1) is 11.0. The smallest absolute Gasteiger partial charge is 0.243 e. The van der Waals surface area contributed by atoms with E-state index < -0.39 is 5.82 Å². The third-order valence-corrected chi connectivity index (χ3v) is 3.32. The standard InChI is InChI=1S/C17H19FN2O3/c1-11-8-15(22-2)16(23-3)9-14(11)19-10-17(21)20-13-7-5-4-6-12(13)18/h4-9,19H,10H2,1-3H3,(H,20,21). The number of benzene rings is 2. The van der Waals surface area contributed by atoms with Crippen LogP contribution in [0.25, 0.3) is 0 Å². The van der Waals surface area contributed by atoms with Gasteiger partial charge in [-0.3, -0.25) is 4.79 Å². The molecule has 0 radical (unpaired) electrons. The molecule has 0 unspecified atom stereocenters. The predicted molar refractivity (Wildman–Crippen MR) is 87.8 cm³/mol. The predicted octanol–water partition coefficient (Wildman–Crippen LogP) is 3.20. The zero-order chi connectivity index (χ0) is 16.8. The summed E-state index contributed by atoms with van der Waals surface area (Å²) in [4.78, 5) is 11.9. The van der Waals surface area contributed by atoms with Crippen molar-refractivity contribution >= 4 is 17.3 Å². The SMILES string of the molecule is COc1cc(C)c(NCC(=O)Nc2ccccc2F)cc1OC. The Hall–Kier alpha value is -2.76. The maximum atomic E-state index is 13.5. The van der Waals surface area contributed by atoms with Crippen molar-refractivity contribution in [2.45, 2.75) is 6.92 Å². The van der Waals surface area contributed by atoms with Gasteiger partial charge in [0.25, 0.3) is 0 Å². The molecule has 0 fully saturated rings. The zero-order valence-electron chi connectivity index (χ0n) is 13.3. The summed E-state index contributed by atoms with van der Waals surface area (Å²) in [6.07, 6.45) is 0. The highest BCUT2D eigenvalue weighted by atomic mass is 19.1. The third-order valence-electron chi connectivity index (χ3n) is 3.32. The number of hydrogen-bond donors (Lipinski definition) is 2. The number of halogens is 1. The van der Waals surface area contributed by atoms with Crippen molar-refractivity contribution in [2.24, 2.45) is 0 Å². The molecule has 0 aliphatic rings. The normalized spacial score (nSPS) is 10.1. The molecule has 5 nitrogen and oxygen atoms in total. The largest absolute Gasteiger partial charge is 0.493 e. The number of amides is 1. The topological polar surface area (TPSA) is 59.6 Å². The van der Waals surface area contributed by atoms with E-state index in [0.717, 1.165) is 11.3 Å². The van der Waals surface area contributed by atoms with Crippen molar-refractivity contribution < 1.29 is 18.7 Å². The number of hydrogen-bond acceptors (Lipinski definition) is 4.